The summed E-state index contributed by atoms with van der Waals surface area (Å²) >= 11 is 0. The van der Waals surface area contributed by atoms with E-state index in [0.29, 0.717) is 6.42 Å². The maximum atomic E-state index is 8.32. The lowest BCUT2D eigenvalue weighted by Gasteiger charge is -2.03. The molecule has 0 bridgehead atoms. The minimum atomic E-state index is 0.286. The van der Waals surface area contributed by atoms with Crippen molar-refractivity contribution in [1.82, 2.24) is 15.5 Å². The summed E-state index contributed by atoms with van der Waals surface area (Å²) in [5, 5.41) is 22.2. The number of unbranched alkanes of at least 4 members (excludes halogenated alkanes) is 1. The summed E-state index contributed by atoms with van der Waals surface area (Å²) in [5.41, 5.74) is 6.27. The van der Waals surface area contributed by atoms with Gasteiger partial charge >= 0.3 is 0 Å². The van der Waals surface area contributed by atoms with Gasteiger partial charge in [-0.05, 0) is 31.5 Å². The third-order valence-electron chi connectivity index (χ3n) is 2.10. The quantitative estimate of drug-likeness (QED) is 0.205. The second kappa shape index (κ2) is 7.58. The van der Waals surface area contributed by atoms with Crippen LogP contribution in [0.5, 0.6) is 0 Å². The number of hydrogen-bond donors (Lipinski definition) is 3. The van der Waals surface area contributed by atoms with Crippen LogP contribution in [0.1, 0.15) is 25.0 Å². The third kappa shape index (κ3) is 5.26. The second-order valence-corrected chi connectivity index (χ2v) is 3.44. The number of nitrogens with one attached hydrogen (secondary N) is 1. The van der Waals surface area contributed by atoms with Gasteiger partial charge in [-0.15, -0.1) is 0 Å². The Balaban J connectivity index is 2.01. The van der Waals surface area contributed by atoms with Crippen molar-refractivity contribution in [1.29, 1.82) is 0 Å². The Kier molecular flexibility index (Phi) is 5.87. The molecule has 16 heavy (non-hydrogen) atoms. The third-order valence-corrected chi connectivity index (χ3v) is 2.10. The van der Waals surface area contributed by atoms with E-state index in [2.05, 4.69) is 20.7 Å². The maximum absolute atomic E-state index is 8.32. The summed E-state index contributed by atoms with van der Waals surface area (Å²) in [6, 6.07) is 3.79. The van der Waals surface area contributed by atoms with E-state index in [9.17, 15) is 0 Å². The van der Waals surface area contributed by atoms with Crippen molar-refractivity contribution < 1.29 is 5.21 Å². The Morgan fingerprint density at radius 2 is 2.38 bits per heavy atom. The van der Waals surface area contributed by atoms with E-state index in [1.165, 1.54) is 0 Å². The Morgan fingerprint density at radius 3 is 3.06 bits per heavy atom. The molecule has 0 aliphatic heterocycles. The number of rotatable bonds is 7. The monoisotopic (exact) mass is 223 g/mol. The molecule has 1 aromatic heterocycles. The molecule has 0 fully saturated rings. The van der Waals surface area contributed by atoms with Gasteiger partial charge in [0.25, 0.3) is 0 Å². The predicted molar refractivity (Wildman–Crippen MR) is 61.0 cm³/mol. The van der Waals surface area contributed by atoms with Gasteiger partial charge in [0.1, 0.15) is 5.84 Å². The van der Waals surface area contributed by atoms with Crippen LogP contribution in [0.4, 0.5) is 0 Å². The van der Waals surface area contributed by atoms with Crippen molar-refractivity contribution in [2.24, 2.45) is 10.9 Å². The van der Waals surface area contributed by atoms with Gasteiger partial charge < -0.3 is 16.3 Å². The molecule has 0 radical (unpaired) electrons. The lowest BCUT2D eigenvalue weighted by molar-refractivity contribution is 0.316. The average Bonchev–Trinajstić information content (AvgIpc) is 2.34. The van der Waals surface area contributed by atoms with E-state index in [1.807, 2.05) is 12.1 Å². The van der Waals surface area contributed by atoms with E-state index in [1.54, 1.807) is 6.20 Å². The minimum absolute atomic E-state index is 0.286. The molecule has 0 saturated carbocycles. The number of nitrogens with two attached hydrogens (primary N) is 1. The van der Waals surface area contributed by atoms with Crippen LogP contribution in [0.3, 0.4) is 0 Å². The zero-order valence-corrected chi connectivity index (χ0v) is 9.13. The van der Waals surface area contributed by atoms with Gasteiger partial charge in [-0.1, -0.05) is 5.16 Å². The molecule has 1 aromatic rings. The highest BCUT2D eigenvalue weighted by atomic mass is 16.4. The second-order valence-electron chi connectivity index (χ2n) is 3.44. The fourth-order valence-corrected chi connectivity index (χ4v) is 1.25. The van der Waals surface area contributed by atoms with E-state index >= 15 is 0 Å². The number of nitrogens with zero attached hydrogens (tertiary/aromatic N) is 3. The van der Waals surface area contributed by atoms with Crippen molar-refractivity contribution in [3.8, 4) is 0 Å². The first-order chi connectivity index (χ1) is 7.83. The number of aromatic nitrogens is 2. The topological polar surface area (TPSA) is 96.4 Å². The molecule has 0 aliphatic carbocycles. The highest BCUT2D eigenvalue weighted by Crippen LogP contribution is 1.95. The van der Waals surface area contributed by atoms with Crippen LogP contribution in [0.25, 0.3) is 0 Å². The van der Waals surface area contributed by atoms with Crippen LogP contribution < -0.4 is 11.1 Å². The molecule has 6 nitrogen and oxygen atoms in total. The first kappa shape index (κ1) is 12.4. The van der Waals surface area contributed by atoms with Crippen molar-refractivity contribution in [2.45, 2.75) is 25.8 Å². The van der Waals surface area contributed by atoms with E-state index in [-0.39, 0.29) is 5.84 Å². The molecule has 1 rings (SSSR count). The summed E-state index contributed by atoms with van der Waals surface area (Å²) in [7, 11) is 0. The highest BCUT2D eigenvalue weighted by molar-refractivity contribution is 5.79. The van der Waals surface area contributed by atoms with Crippen LogP contribution in [0.15, 0.2) is 23.5 Å². The fraction of sp³-hybridized carbons (Fsp3) is 0.500. The van der Waals surface area contributed by atoms with Crippen LogP contribution in [-0.2, 0) is 6.54 Å². The molecular formula is C10H17N5O. The van der Waals surface area contributed by atoms with Gasteiger partial charge in [-0.25, -0.2) is 0 Å². The Labute approximate surface area is 94.6 Å². The molecule has 4 N–H and O–H groups in total. The molecule has 1 heterocycles. The molecule has 6 heteroatoms. The van der Waals surface area contributed by atoms with Crippen LogP contribution in [0, 0.1) is 0 Å². The molecule has 0 spiro atoms. The van der Waals surface area contributed by atoms with Gasteiger partial charge in [-0.3, -0.25) is 0 Å². The number of hydrogen-bond acceptors (Lipinski definition) is 5. The largest absolute Gasteiger partial charge is 0.409 e. The van der Waals surface area contributed by atoms with Gasteiger partial charge in [0.15, 0.2) is 0 Å². The zero-order valence-electron chi connectivity index (χ0n) is 9.13. The molecule has 0 saturated heterocycles. The maximum Gasteiger partial charge on any atom is 0.139 e. The zero-order chi connectivity index (χ0) is 11.6. The average molecular weight is 223 g/mol. The van der Waals surface area contributed by atoms with Crippen LogP contribution in [0.2, 0.25) is 0 Å². The van der Waals surface area contributed by atoms with E-state index in [0.717, 1.165) is 31.6 Å². The Bertz CT molecular complexity index is 314. The summed E-state index contributed by atoms with van der Waals surface area (Å²) in [4.78, 5) is 0. The van der Waals surface area contributed by atoms with Crippen LogP contribution >= 0.6 is 0 Å². The van der Waals surface area contributed by atoms with Crippen LogP contribution in [-0.4, -0.2) is 27.8 Å². The number of amidine groups is 1. The van der Waals surface area contributed by atoms with Crippen molar-refractivity contribution >= 4 is 5.84 Å². The van der Waals surface area contributed by atoms with Gasteiger partial charge in [0.2, 0.25) is 0 Å². The van der Waals surface area contributed by atoms with E-state index in [4.69, 9.17) is 10.9 Å². The first-order valence-corrected chi connectivity index (χ1v) is 5.26. The molecule has 0 amide bonds. The summed E-state index contributed by atoms with van der Waals surface area (Å²) in [6.45, 7) is 1.60. The molecule has 0 aliphatic rings. The van der Waals surface area contributed by atoms with Gasteiger partial charge in [0.05, 0.1) is 5.69 Å². The number of oxime groups is 1. The SMILES string of the molecule is N/C(CCCCNCc1cccnn1)=N/O. The fourth-order valence-electron chi connectivity index (χ4n) is 1.25. The summed E-state index contributed by atoms with van der Waals surface area (Å²) in [6.07, 6.45) is 4.17. The molecule has 88 valence electrons. The summed E-state index contributed by atoms with van der Waals surface area (Å²) < 4.78 is 0. The predicted octanol–water partition coefficient (Wildman–Crippen LogP) is 0.483. The summed E-state index contributed by atoms with van der Waals surface area (Å²) in [5.74, 6) is 0.286. The van der Waals surface area contributed by atoms with E-state index < -0.39 is 0 Å². The molecule has 0 unspecified atom stereocenters. The lowest BCUT2D eigenvalue weighted by Crippen LogP contribution is -2.17. The lowest BCUT2D eigenvalue weighted by atomic mass is 10.2. The first-order valence-electron chi connectivity index (χ1n) is 5.26. The standard InChI is InChI=1S/C10H17N5O/c11-10(15-16)5-1-2-6-12-8-9-4-3-7-13-14-9/h3-4,7,12,16H,1-2,5-6,8H2,(H2,11,15). The molecule has 0 atom stereocenters. The van der Waals surface area contributed by atoms with Crippen molar-refractivity contribution in [3.63, 3.8) is 0 Å². The van der Waals surface area contributed by atoms with Crippen molar-refractivity contribution in [2.75, 3.05) is 6.54 Å². The Morgan fingerprint density at radius 1 is 1.50 bits per heavy atom. The molecular weight excluding hydrogens is 206 g/mol. The molecule has 0 aromatic carbocycles. The van der Waals surface area contributed by atoms with Gasteiger partial charge in [0, 0.05) is 19.2 Å². The Hall–Kier alpha value is -1.69. The van der Waals surface area contributed by atoms with Gasteiger partial charge in [-0.2, -0.15) is 10.2 Å². The highest BCUT2D eigenvalue weighted by Gasteiger charge is 1.95. The van der Waals surface area contributed by atoms with Crippen molar-refractivity contribution in [3.05, 3.63) is 24.0 Å². The smallest absolute Gasteiger partial charge is 0.139 e. The minimum Gasteiger partial charge on any atom is -0.409 e. The normalized spacial score (nSPS) is 11.6.